The third-order valence-corrected chi connectivity index (χ3v) is 4.05. The standard InChI is InChI=1S/C20H22BrNO5/c1-12(2)27-17-8-5-14(10-18(17)25-4)20(24)26-11-19(23)22-16-7-6-15(21)9-13(16)3/h5-10,12H,11H2,1-4H3,(H,22,23). The average Bonchev–Trinajstić information content (AvgIpc) is 2.62. The number of nitrogens with one attached hydrogen (secondary N) is 1. The number of benzene rings is 2. The van der Waals surface area contributed by atoms with Crippen LogP contribution in [0.25, 0.3) is 0 Å². The minimum Gasteiger partial charge on any atom is -0.493 e. The number of methoxy groups -OCH3 is 1. The van der Waals surface area contributed by atoms with E-state index >= 15 is 0 Å². The Kier molecular flexibility index (Phi) is 7.24. The number of carbonyl (C=O) groups excluding carboxylic acids is 2. The van der Waals surface area contributed by atoms with E-state index in [1.165, 1.54) is 13.2 Å². The molecule has 27 heavy (non-hydrogen) atoms. The smallest absolute Gasteiger partial charge is 0.338 e. The summed E-state index contributed by atoms with van der Waals surface area (Å²) in [6.45, 7) is 5.28. The Balaban J connectivity index is 1.97. The van der Waals surface area contributed by atoms with Gasteiger partial charge in [-0.15, -0.1) is 0 Å². The zero-order valence-corrected chi connectivity index (χ0v) is 17.3. The zero-order valence-electron chi connectivity index (χ0n) is 15.7. The van der Waals surface area contributed by atoms with Crippen molar-refractivity contribution in [2.75, 3.05) is 19.0 Å². The molecule has 0 saturated heterocycles. The summed E-state index contributed by atoms with van der Waals surface area (Å²) in [5, 5.41) is 2.72. The topological polar surface area (TPSA) is 73.9 Å². The second kappa shape index (κ2) is 9.41. The zero-order chi connectivity index (χ0) is 20.0. The van der Waals surface area contributed by atoms with Gasteiger partial charge in [-0.2, -0.15) is 0 Å². The molecule has 0 bridgehead atoms. The Morgan fingerprint density at radius 2 is 1.85 bits per heavy atom. The molecule has 6 nitrogen and oxygen atoms in total. The summed E-state index contributed by atoms with van der Waals surface area (Å²) in [5.74, 6) is -0.0758. The van der Waals surface area contributed by atoms with Crippen molar-refractivity contribution in [3.8, 4) is 11.5 Å². The summed E-state index contributed by atoms with van der Waals surface area (Å²) in [4.78, 5) is 24.2. The second-order valence-electron chi connectivity index (χ2n) is 6.12. The first-order valence-electron chi connectivity index (χ1n) is 8.38. The lowest BCUT2D eigenvalue weighted by atomic mass is 10.2. The van der Waals surface area contributed by atoms with Gasteiger partial charge in [0.25, 0.3) is 5.91 Å². The molecule has 0 aromatic heterocycles. The number of amides is 1. The first-order chi connectivity index (χ1) is 12.8. The predicted octanol–water partition coefficient (Wildman–Crippen LogP) is 4.35. The molecule has 2 rings (SSSR count). The molecular formula is C20H22BrNO5. The fourth-order valence-corrected chi connectivity index (χ4v) is 2.79. The lowest BCUT2D eigenvalue weighted by Crippen LogP contribution is -2.21. The molecule has 144 valence electrons. The summed E-state index contributed by atoms with van der Waals surface area (Å²) in [6, 6.07) is 10.2. The van der Waals surface area contributed by atoms with Gasteiger partial charge in [-0.25, -0.2) is 4.79 Å². The van der Waals surface area contributed by atoms with Crippen LogP contribution in [0.4, 0.5) is 5.69 Å². The number of halogens is 1. The van der Waals surface area contributed by atoms with E-state index in [9.17, 15) is 9.59 Å². The van der Waals surface area contributed by atoms with Crippen molar-refractivity contribution < 1.29 is 23.8 Å². The van der Waals surface area contributed by atoms with Gasteiger partial charge in [-0.05, 0) is 62.7 Å². The van der Waals surface area contributed by atoms with E-state index in [4.69, 9.17) is 14.2 Å². The SMILES string of the molecule is COc1cc(C(=O)OCC(=O)Nc2ccc(Br)cc2C)ccc1OC(C)C. The van der Waals surface area contributed by atoms with Gasteiger partial charge in [0.1, 0.15) is 0 Å². The predicted molar refractivity (Wildman–Crippen MR) is 107 cm³/mol. The highest BCUT2D eigenvalue weighted by molar-refractivity contribution is 9.10. The monoisotopic (exact) mass is 435 g/mol. The third kappa shape index (κ3) is 5.99. The van der Waals surface area contributed by atoms with Gasteiger partial charge in [-0.1, -0.05) is 15.9 Å². The summed E-state index contributed by atoms with van der Waals surface area (Å²) < 4.78 is 16.9. The highest BCUT2D eigenvalue weighted by Gasteiger charge is 2.15. The van der Waals surface area contributed by atoms with Crippen LogP contribution in [-0.4, -0.2) is 31.7 Å². The number of anilines is 1. The van der Waals surface area contributed by atoms with Crippen LogP contribution in [0.1, 0.15) is 29.8 Å². The fraction of sp³-hybridized carbons (Fsp3) is 0.300. The molecule has 1 amide bonds. The van der Waals surface area contributed by atoms with Crippen LogP contribution in [0.2, 0.25) is 0 Å². The first kappa shape index (κ1) is 20.8. The number of carbonyl (C=O) groups is 2. The minimum absolute atomic E-state index is 0.0255. The van der Waals surface area contributed by atoms with Crippen LogP contribution >= 0.6 is 15.9 Å². The molecule has 0 spiro atoms. The van der Waals surface area contributed by atoms with E-state index in [0.717, 1.165) is 10.0 Å². The fourth-order valence-electron chi connectivity index (χ4n) is 2.31. The number of esters is 1. The van der Waals surface area contributed by atoms with Crippen LogP contribution in [0.5, 0.6) is 11.5 Å². The summed E-state index contributed by atoms with van der Waals surface area (Å²) in [7, 11) is 1.49. The largest absolute Gasteiger partial charge is 0.493 e. The normalized spacial score (nSPS) is 10.4. The molecule has 0 aliphatic carbocycles. The minimum atomic E-state index is -0.618. The van der Waals surface area contributed by atoms with Gasteiger partial charge in [0, 0.05) is 10.2 Å². The molecule has 2 aromatic rings. The molecule has 0 radical (unpaired) electrons. The van der Waals surface area contributed by atoms with Crippen molar-refractivity contribution in [3.63, 3.8) is 0 Å². The lowest BCUT2D eigenvalue weighted by molar-refractivity contribution is -0.119. The van der Waals surface area contributed by atoms with Gasteiger partial charge in [0.05, 0.1) is 18.8 Å². The Bertz CT molecular complexity index is 835. The van der Waals surface area contributed by atoms with E-state index in [0.29, 0.717) is 17.2 Å². The molecule has 1 N–H and O–H groups in total. The van der Waals surface area contributed by atoms with Gasteiger partial charge < -0.3 is 19.5 Å². The van der Waals surface area contributed by atoms with Crippen LogP contribution < -0.4 is 14.8 Å². The van der Waals surface area contributed by atoms with E-state index in [1.807, 2.05) is 32.9 Å². The van der Waals surface area contributed by atoms with Crippen LogP contribution in [0, 0.1) is 6.92 Å². The quantitative estimate of drug-likeness (QED) is 0.654. The number of hydrogen-bond acceptors (Lipinski definition) is 5. The molecule has 0 saturated carbocycles. The number of rotatable bonds is 7. The van der Waals surface area contributed by atoms with Crippen LogP contribution in [-0.2, 0) is 9.53 Å². The lowest BCUT2D eigenvalue weighted by Gasteiger charge is -2.14. The summed E-state index contributed by atoms with van der Waals surface area (Å²) in [6.07, 6.45) is -0.0255. The molecule has 0 heterocycles. The second-order valence-corrected chi connectivity index (χ2v) is 7.03. The van der Waals surface area contributed by atoms with Crippen molar-refractivity contribution in [3.05, 3.63) is 52.0 Å². The highest BCUT2D eigenvalue weighted by Crippen LogP contribution is 2.29. The average molecular weight is 436 g/mol. The van der Waals surface area contributed by atoms with Crippen LogP contribution in [0.3, 0.4) is 0 Å². The Morgan fingerprint density at radius 3 is 2.48 bits per heavy atom. The van der Waals surface area contributed by atoms with Crippen molar-refractivity contribution in [2.45, 2.75) is 26.9 Å². The molecule has 2 aromatic carbocycles. The third-order valence-electron chi connectivity index (χ3n) is 3.56. The van der Waals surface area contributed by atoms with Crippen LogP contribution in [0.15, 0.2) is 40.9 Å². The Labute approximate surface area is 166 Å². The molecule has 0 aliphatic heterocycles. The van der Waals surface area contributed by atoms with Gasteiger partial charge in [-0.3, -0.25) is 4.79 Å². The van der Waals surface area contributed by atoms with Crippen molar-refractivity contribution in [1.82, 2.24) is 0 Å². The maximum absolute atomic E-state index is 12.2. The number of aryl methyl sites for hydroxylation is 1. The molecule has 0 aliphatic rings. The van der Waals surface area contributed by atoms with Gasteiger partial charge in [0.2, 0.25) is 0 Å². The first-order valence-corrected chi connectivity index (χ1v) is 9.17. The highest BCUT2D eigenvalue weighted by atomic mass is 79.9. The number of hydrogen-bond donors (Lipinski definition) is 1. The van der Waals surface area contributed by atoms with Gasteiger partial charge >= 0.3 is 5.97 Å². The Hall–Kier alpha value is -2.54. The maximum atomic E-state index is 12.2. The molecule has 0 unspecified atom stereocenters. The van der Waals surface area contributed by atoms with E-state index in [2.05, 4.69) is 21.2 Å². The molecular weight excluding hydrogens is 414 g/mol. The van der Waals surface area contributed by atoms with Crippen molar-refractivity contribution >= 4 is 33.5 Å². The maximum Gasteiger partial charge on any atom is 0.338 e. The molecule has 0 fully saturated rings. The van der Waals surface area contributed by atoms with E-state index in [-0.39, 0.29) is 18.3 Å². The van der Waals surface area contributed by atoms with E-state index < -0.39 is 11.9 Å². The van der Waals surface area contributed by atoms with E-state index in [1.54, 1.807) is 18.2 Å². The van der Waals surface area contributed by atoms with Crippen molar-refractivity contribution in [2.24, 2.45) is 0 Å². The Morgan fingerprint density at radius 1 is 1.11 bits per heavy atom. The molecule has 0 atom stereocenters. The summed E-state index contributed by atoms with van der Waals surface area (Å²) >= 11 is 3.37. The number of ether oxygens (including phenoxy) is 3. The molecule has 7 heteroatoms. The van der Waals surface area contributed by atoms with Crippen molar-refractivity contribution in [1.29, 1.82) is 0 Å². The summed E-state index contributed by atoms with van der Waals surface area (Å²) in [5.41, 5.74) is 1.83. The van der Waals surface area contributed by atoms with Gasteiger partial charge in [0.15, 0.2) is 18.1 Å².